The number of primary sulfonamides is 1. The average Bonchev–Trinajstić information content (AvgIpc) is 2.50. The quantitative estimate of drug-likeness (QED) is 0.666. The molecule has 0 saturated carbocycles. The molecule has 1 aromatic carbocycles. The summed E-state index contributed by atoms with van der Waals surface area (Å²) in [5.41, 5.74) is 2.01. The Kier molecular flexibility index (Phi) is 5.53. The summed E-state index contributed by atoms with van der Waals surface area (Å²) in [6.07, 6.45) is 0.184. The number of sulfonamides is 1. The van der Waals surface area contributed by atoms with Crippen molar-refractivity contribution >= 4 is 15.9 Å². The van der Waals surface area contributed by atoms with Gasteiger partial charge in [0.2, 0.25) is 10.0 Å². The molecule has 0 spiro atoms. The number of aromatic nitrogens is 1. The smallest absolute Gasteiger partial charge is 0.261 e. The van der Waals surface area contributed by atoms with Crippen molar-refractivity contribution in [2.75, 3.05) is 12.3 Å². The molecule has 1 amide bonds. The van der Waals surface area contributed by atoms with Crippen LogP contribution in [0.1, 0.15) is 22.3 Å². The summed E-state index contributed by atoms with van der Waals surface area (Å²) in [6, 6.07) is 10.7. The minimum Gasteiger partial charge on any atom is -0.352 e. The van der Waals surface area contributed by atoms with Gasteiger partial charge >= 0.3 is 0 Å². The number of aromatic amines is 1. The summed E-state index contributed by atoms with van der Waals surface area (Å²) >= 11 is 0. The van der Waals surface area contributed by atoms with Crippen LogP contribution in [0.3, 0.4) is 0 Å². The zero-order valence-corrected chi connectivity index (χ0v) is 14.0. The Labute approximate surface area is 140 Å². The van der Waals surface area contributed by atoms with Gasteiger partial charge in [0.05, 0.1) is 5.75 Å². The molecular formula is C16H19N3O4S. The second-order valence-corrected chi connectivity index (χ2v) is 7.19. The number of rotatable bonds is 6. The number of hydrogen-bond donors (Lipinski definition) is 3. The van der Waals surface area contributed by atoms with Gasteiger partial charge in [0.15, 0.2) is 0 Å². The number of aryl methyl sites for hydroxylation is 1. The Morgan fingerprint density at radius 1 is 1.25 bits per heavy atom. The van der Waals surface area contributed by atoms with E-state index in [-0.39, 0.29) is 24.3 Å². The molecule has 7 nitrogen and oxygen atoms in total. The monoisotopic (exact) mass is 349 g/mol. The molecule has 1 aromatic heterocycles. The lowest BCUT2D eigenvalue weighted by atomic mass is 10.1. The molecule has 1 heterocycles. The van der Waals surface area contributed by atoms with E-state index in [2.05, 4.69) is 10.3 Å². The van der Waals surface area contributed by atoms with Gasteiger partial charge in [-0.15, -0.1) is 0 Å². The molecule has 2 aromatic rings. The Morgan fingerprint density at radius 2 is 2.00 bits per heavy atom. The van der Waals surface area contributed by atoms with Crippen molar-refractivity contribution < 1.29 is 13.2 Å². The van der Waals surface area contributed by atoms with E-state index in [0.29, 0.717) is 5.69 Å². The minimum atomic E-state index is -3.55. The number of nitrogens with one attached hydrogen (secondary N) is 2. The number of amides is 1. The zero-order chi connectivity index (χ0) is 17.7. The van der Waals surface area contributed by atoms with Crippen LogP contribution in [-0.2, 0) is 10.0 Å². The molecule has 0 fully saturated rings. The number of nitrogens with two attached hydrogens (primary N) is 1. The number of pyridine rings is 1. The number of benzene rings is 1. The molecule has 0 bridgehead atoms. The molecule has 0 atom stereocenters. The van der Waals surface area contributed by atoms with E-state index in [1.54, 1.807) is 6.07 Å². The first-order valence-electron chi connectivity index (χ1n) is 7.35. The molecule has 0 radical (unpaired) electrons. The summed E-state index contributed by atoms with van der Waals surface area (Å²) in [5.74, 6) is -0.780. The highest BCUT2D eigenvalue weighted by Crippen LogP contribution is 2.16. The van der Waals surface area contributed by atoms with Crippen LogP contribution in [-0.4, -0.2) is 31.6 Å². The number of carbonyl (C=O) groups is 1. The van der Waals surface area contributed by atoms with Crippen LogP contribution < -0.4 is 16.0 Å². The third-order valence-corrected chi connectivity index (χ3v) is 4.23. The molecule has 8 heteroatoms. The van der Waals surface area contributed by atoms with Crippen LogP contribution in [0.5, 0.6) is 0 Å². The van der Waals surface area contributed by atoms with Crippen LogP contribution in [0, 0.1) is 6.92 Å². The lowest BCUT2D eigenvalue weighted by molar-refractivity contribution is 0.0952. The highest BCUT2D eigenvalue weighted by molar-refractivity contribution is 7.89. The van der Waals surface area contributed by atoms with Crippen LogP contribution in [0.2, 0.25) is 0 Å². The predicted molar refractivity (Wildman–Crippen MR) is 92.2 cm³/mol. The summed E-state index contributed by atoms with van der Waals surface area (Å²) in [5, 5.41) is 7.38. The van der Waals surface area contributed by atoms with Gasteiger partial charge in [0.1, 0.15) is 5.56 Å². The largest absolute Gasteiger partial charge is 0.352 e. The maximum absolute atomic E-state index is 12.1. The zero-order valence-electron chi connectivity index (χ0n) is 13.2. The van der Waals surface area contributed by atoms with Crippen LogP contribution in [0.25, 0.3) is 11.3 Å². The van der Waals surface area contributed by atoms with Gasteiger partial charge < -0.3 is 10.3 Å². The van der Waals surface area contributed by atoms with Crippen molar-refractivity contribution in [3.8, 4) is 11.3 Å². The highest BCUT2D eigenvalue weighted by Gasteiger charge is 2.11. The first kappa shape index (κ1) is 17.9. The van der Waals surface area contributed by atoms with Gasteiger partial charge in [-0.25, -0.2) is 13.6 Å². The molecule has 24 heavy (non-hydrogen) atoms. The number of carbonyl (C=O) groups excluding carboxylic acids is 1. The van der Waals surface area contributed by atoms with Crippen molar-refractivity contribution in [2.24, 2.45) is 5.14 Å². The lowest BCUT2D eigenvalue weighted by Crippen LogP contribution is -2.31. The van der Waals surface area contributed by atoms with Crippen molar-refractivity contribution in [1.29, 1.82) is 0 Å². The van der Waals surface area contributed by atoms with Gasteiger partial charge in [-0.2, -0.15) is 0 Å². The van der Waals surface area contributed by atoms with Crippen molar-refractivity contribution in [2.45, 2.75) is 13.3 Å². The van der Waals surface area contributed by atoms with Crippen LogP contribution >= 0.6 is 0 Å². The normalized spacial score (nSPS) is 11.2. The molecule has 4 N–H and O–H groups in total. The second kappa shape index (κ2) is 7.41. The maximum Gasteiger partial charge on any atom is 0.261 e. The van der Waals surface area contributed by atoms with Crippen LogP contribution in [0.15, 0.2) is 41.2 Å². The summed E-state index contributed by atoms with van der Waals surface area (Å²) < 4.78 is 21.6. The van der Waals surface area contributed by atoms with Crippen molar-refractivity contribution in [3.05, 3.63) is 57.9 Å². The molecule has 128 valence electrons. The summed E-state index contributed by atoms with van der Waals surface area (Å²) in [4.78, 5) is 26.8. The summed E-state index contributed by atoms with van der Waals surface area (Å²) in [6.45, 7) is 2.07. The van der Waals surface area contributed by atoms with E-state index in [1.807, 2.05) is 31.2 Å². The first-order valence-corrected chi connectivity index (χ1v) is 9.07. The van der Waals surface area contributed by atoms with E-state index in [0.717, 1.165) is 11.1 Å². The van der Waals surface area contributed by atoms with Gasteiger partial charge in [-0.3, -0.25) is 9.59 Å². The molecule has 2 rings (SSSR count). The van der Waals surface area contributed by atoms with Gasteiger partial charge in [-0.05, 0) is 37.1 Å². The SMILES string of the molecule is Cc1cccc(-c2ccc(C(=O)NCCCS(N)(=O)=O)c(=O)[nH]2)c1. The molecule has 0 unspecified atom stereocenters. The van der Waals surface area contributed by atoms with E-state index in [9.17, 15) is 18.0 Å². The first-order chi connectivity index (χ1) is 11.3. The fraction of sp³-hybridized carbons (Fsp3) is 0.250. The lowest BCUT2D eigenvalue weighted by Gasteiger charge is -2.06. The minimum absolute atomic E-state index is 0.0259. The van der Waals surface area contributed by atoms with Gasteiger partial charge in [0, 0.05) is 12.2 Å². The Balaban J connectivity index is 2.07. The highest BCUT2D eigenvalue weighted by atomic mass is 32.2. The number of H-pyrrole nitrogens is 1. The molecule has 0 aliphatic carbocycles. The molecule has 0 aliphatic rings. The van der Waals surface area contributed by atoms with Gasteiger partial charge in [0.25, 0.3) is 11.5 Å². The Hall–Kier alpha value is -2.45. The molecule has 0 aliphatic heterocycles. The Bertz CT molecular complexity index is 904. The predicted octanol–water partition coefficient (Wildman–Crippen LogP) is 0.759. The average molecular weight is 349 g/mol. The van der Waals surface area contributed by atoms with E-state index in [1.165, 1.54) is 6.07 Å². The van der Waals surface area contributed by atoms with Crippen LogP contribution in [0.4, 0.5) is 0 Å². The van der Waals surface area contributed by atoms with E-state index in [4.69, 9.17) is 5.14 Å². The third kappa shape index (κ3) is 5.04. The maximum atomic E-state index is 12.1. The van der Waals surface area contributed by atoms with E-state index >= 15 is 0 Å². The number of hydrogen-bond acceptors (Lipinski definition) is 4. The standard InChI is InChI=1S/C16H19N3O4S/c1-11-4-2-5-12(10-11)14-7-6-13(16(21)19-14)15(20)18-8-3-9-24(17,22)23/h2,4-7,10H,3,8-9H2,1H3,(H,18,20)(H,19,21)(H2,17,22,23). The van der Waals surface area contributed by atoms with Crippen molar-refractivity contribution in [3.63, 3.8) is 0 Å². The van der Waals surface area contributed by atoms with E-state index < -0.39 is 21.5 Å². The fourth-order valence-electron chi connectivity index (χ4n) is 2.20. The molecular weight excluding hydrogens is 330 g/mol. The molecule has 0 saturated heterocycles. The fourth-order valence-corrected chi connectivity index (χ4v) is 2.75. The second-order valence-electron chi connectivity index (χ2n) is 5.46. The third-order valence-electron chi connectivity index (χ3n) is 3.37. The Morgan fingerprint density at radius 3 is 2.62 bits per heavy atom. The summed E-state index contributed by atoms with van der Waals surface area (Å²) in [7, 11) is -3.55. The topological polar surface area (TPSA) is 122 Å². The van der Waals surface area contributed by atoms with Gasteiger partial charge in [-0.1, -0.05) is 23.8 Å². The van der Waals surface area contributed by atoms with Crippen molar-refractivity contribution in [1.82, 2.24) is 10.3 Å².